The first-order chi connectivity index (χ1) is 23.4. The molecule has 0 fully saturated rings. The minimum Gasteiger partial charge on any atom is -0.456 e. The molecular formula is C32H20O. The first-order valence-electron chi connectivity index (χ1n) is 18.4. The van der Waals surface area contributed by atoms with Crippen molar-refractivity contribution >= 4 is 43.5 Å². The minimum atomic E-state index is -0.751. The molecule has 1 heterocycles. The van der Waals surface area contributed by atoms with Crippen LogP contribution in [0.1, 0.15) is 23.3 Å². The van der Waals surface area contributed by atoms with Gasteiger partial charge in [0.25, 0.3) is 0 Å². The van der Waals surface area contributed by atoms with Crippen molar-refractivity contribution in [2.45, 2.75) is 0 Å². The summed E-state index contributed by atoms with van der Waals surface area (Å²) in [5.74, 6) is 0. The molecule has 0 radical (unpaired) electrons. The summed E-state index contributed by atoms with van der Waals surface area (Å²) in [6, 6.07) is -6.80. The maximum atomic E-state index is 9.42. The van der Waals surface area contributed by atoms with E-state index >= 15 is 0 Å². The lowest BCUT2D eigenvalue weighted by Crippen LogP contribution is -1.90. The van der Waals surface area contributed by atoms with Gasteiger partial charge < -0.3 is 4.42 Å². The molecule has 1 aromatic heterocycles. The number of para-hydroxylation sites is 1. The van der Waals surface area contributed by atoms with Crippen molar-refractivity contribution in [3.8, 4) is 22.3 Å². The highest BCUT2D eigenvalue weighted by atomic mass is 16.3. The van der Waals surface area contributed by atoms with Gasteiger partial charge in [0.15, 0.2) is 0 Å². The molecule has 33 heavy (non-hydrogen) atoms. The zero-order valence-electron chi connectivity index (χ0n) is 33.6. The quantitative estimate of drug-likeness (QED) is 0.246. The first-order valence-corrected chi connectivity index (χ1v) is 9.89. The Bertz CT molecular complexity index is 2630. The van der Waals surface area contributed by atoms with E-state index in [1.807, 2.05) is 0 Å². The fraction of sp³-hybridized carbons (Fsp3) is 0. The summed E-state index contributed by atoms with van der Waals surface area (Å²) in [6.07, 6.45) is 0. The molecule has 154 valence electrons. The standard InChI is InChI=1S/C32H20O/c1-2-10-21(11-3-1)31-24-13-4-6-15-26(24)32(27-16-7-5-14-25(27)31)22-18-19-30-28(20-22)23-12-8-9-17-29(23)33-30/h1-20H/i2D,3D,4D,5D,6D,7D,8D,9D,12D,13D,14D,15D,16D,17D,18D,19D,20D. The topological polar surface area (TPSA) is 13.1 Å². The summed E-state index contributed by atoms with van der Waals surface area (Å²) in [5.41, 5.74) is -1.84. The third-order valence-corrected chi connectivity index (χ3v) is 5.44. The van der Waals surface area contributed by atoms with E-state index in [1.165, 1.54) is 18.2 Å². The van der Waals surface area contributed by atoms with Gasteiger partial charge in [0.05, 0.1) is 23.3 Å². The summed E-state index contributed by atoms with van der Waals surface area (Å²) in [6.45, 7) is 0. The van der Waals surface area contributed by atoms with E-state index < -0.39 is 107 Å². The van der Waals surface area contributed by atoms with Crippen LogP contribution in [0.3, 0.4) is 0 Å². The molecule has 0 amide bonds. The van der Waals surface area contributed by atoms with Crippen LogP contribution in [0, 0.1) is 0 Å². The van der Waals surface area contributed by atoms with Gasteiger partial charge in [0, 0.05) is 10.8 Å². The average Bonchev–Trinajstić information content (AvgIpc) is 3.49. The van der Waals surface area contributed by atoms with Crippen LogP contribution in [0.15, 0.2) is 125 Å². The number of benzene rings is 6. The number of fused-ring (bicyclic) bond motifs is 5. The van der Waals surface area contributed by atoms with Crippen molar-refractivity contribution in [2.75, 3.05) is 0 Å². The van der Waals surface area contributed by atoms with Crippen LogP contribution in [0.2, 0.25) is 0 Å². The second kappa shape index (κ2) is 7.08. The van der Waals surface area contributed by atoms with Gasteiger partial charge in [-0.05, 0) is 61.9 Å². The summed E-state index contributed by atoms with van der Waals surface area (Å²) in [5, 5.41) is -1.93. The lowest BCUT2D eigenvalue weighted by molar-refractivity contribution is 0.669. The van der Waals surface area contributed by atoms with E-state index in [0.29, 0.717) is 0 Å². The Morgan fingerprint density at radius 2 is 0.970 bits per heavy atom. The molecule has 0 aliphatic carbocycles. The van der Waals surface area contributed by atoms with Gasteiger partial charge in [-0.25, -0.2) is 0 Å². The molecule has 0 saturated heterocycles. The predicted molar refractivity (Wildman–Crippen MR) is 140 cm³/mol. The zero-order valence-corrected chi connectivity index (χ0v) is 16.6. The number of furan rings is 1. The third kappa shape index (κ3) is 2.73. The van der Waals surface area contributed by atoms with Crippen LogP contribution in [0.4, 0.5) is 0 Å². The molecular weight excluding hydrogens is 400 g/mol. The van der Waals surface area contributed by atoms with Gasteiger partial charge in [-0.1, -0.05) is 103 Å². The SMILES string of the molecule is [2H]c1cc([2H])cc(-c2c3c([2H])c([2H])c([2H])c([2H])c3c(-c3c([2H])c([2H])c4oc5c([2H])c([2H])c([2H])c([2H])c5c4c3[2H])c3c([2H])c([2H])c([2H])c([2H])c23)c1. The van der Waals surface area contributed by atoms with Gasteiger partial charge in [0.1, 0.15) is 11.2 Å². The molecule has 0 bridgehead atoms. The van der Waals surface area contributed by atoms with E-state index in [2.05, 4.69) is 0 Å². The zero-order chi connectivity index (χ0) is 36.6. The van der Waals surface area contributed by atoms with Crippen LogP contribution in [0.5, 0.6) is 0 Å². The molecule has 7 rings (SSSR count). The van der Waals surface area contributed by atoms with Gasteiger partial charge >= 0.3 is 0 Å². The Hall–Kier alpha value is -4.36. The molecule has 0 N–H and O–H groups in total. The Morgan fingerprint density at radius 3 is 1.61 bits per heavy atom. The summed E-state index contributed by atoms with van der Waals surface area (Å²) in [7, 11) is 0. The second-order valence-electron chi connectivity index (χ2n) is 7.23. The average molecular weight is 438 g/mol. The minimum absolute atomic E-state index is 0.0322. The monoisotopic (exact) mass is 437 g/mol. The van der Waals surface area contributed by atoms with Crippen LogP contribution >= 0.6 is 0 Å². The van der Waals surface area contributed by atoms with Gasteiger partial charge in [-0.15, -0.1) is 0 Å². The summed E-state index contributed by atoms with van der Waals surface area (Å²) >= 11 is 0. The number of hydrogen-bond acceptors (Lipinski definition) is 1. The van der Waals surface area contributed by atoms with Crippen molar-refractivity contribution in [1.29, 1.82) is 0 Å². The Kier molecular flexibility index (Phi) is 1.76. The van der Waals surface area contributed by atoms with Gasteiger partial charge in [-0.2, -0.15) is 0 Å². The summed E-state index contributed by atoms with van der Waals surface area (Å²) in [4.78, 5) is 0. The highest BCUT2D eigenvalue weighted by Gasteiger charge is 2.17. The normalized spacial score (nSPS) is 18.8. The number of hydrogen-bond donors (Lipinski definition) is 0. The predicted octanol–water partition coefficient (Wildman–Crippen LogP) is 9.23. The maximum absolute atomic E-state index is 9.42. The lowest BCUT2D eigenvalue weighted by atomic mass is 9.86. The largest absolute Gasteiger partial charge is 0.456 e. The lowest BCUT2D eigenvalue weighted by Gasteiger charge is -2.17. The fourth-order valence-corrected chi connectivity index (χ4v) is 4.09. The van der Waals surface area contributed by atoms with E-state index in [1.54, 1.807) is 0 Å². The Balaban J connectivity index is 1.88. The highest BCUT2D eigenvalue weighted by molar-refractivity contribution is 6.22. The van der Waals surface area contributed by atoms with E-state index in [-0.39, 0.29) is 61.1 Å². The molecule has 6 aromatic carbocycles. The molecule has 0 atom stereocenters. The Morgan fingerprint density at radius 1 is 0.455 bits per heavy atom. The molecule has 0 spiro atoms. The molecule has 1 heteroatoms. The molecule has 0 aliphatic rings. The van der Waals surface area contributed by atoms with Crippen LogP contribution in [0.25, 0.3) is 65.7 Å². The molecule has 7 aromatic rings. The van der Waals surface area contributed by atoms with Crippen molar-refractivity contribution in [2.24, 2.45) is 0 Å². The number of rotatable bonds is 2. The second-order valence-corrected chi connectivity index (χ2v) is 7.23. The highest BCUT2D eigenvalue weighted by Crippen LogP contribution is 2.44. The van der Waals surface area contributed by atoms with Crippen LogP contribution < -0.4 is 0 Å². The maximum Gasteiger partial charge on any atom is 0.135 e. The van der Waals surface area contributed by atoms with E-state index in [4.69, 9.17) is 26.3 Å². The van der Waals surface area contributed by atoms with Crippen molar-refractivity contribution in [1.82, 2.24) is 0 Å². The molecule has 0 unspecified atom stereocenters. The van der Waals surface area contributed by atoms with Crippen molar-refractivity contribution in [3.63, 3.8) is 0 Å². The molecule has 0 saturated carbocycles. The Labute approximate surface area is 215 Å². The van der Waals surface area contributed by atoms with E-state index in [9.17, 15) is 1.37 Å². The third-order valence-electron chi connectivity index (χ3n) is 5.44. The van der Waals surface area contributed by atoms with Crippen molar-refractivity contribution in [3.05, 3.63) is 121 Å². The molecule has 1 nitrogen and oxygen atoms in total. The van der Waals surface area contributed by atoms with E-state index in [0.717, 1.165) is 0 Å². The summed E-state index contributed by atoms with van der Waals surface area (Å²) < 4.78 is 153. The fourth-order valence-electron chi connectivity index (χ4n) is 4.09. The van der Waals surface area contributed by atoms with Crippen LogP contribution in [-0.4, -0.2) is 0 Å². The van der Waals surface area contributed by atoms with Crippen LogP contribution in [-0.2, 0) is 0 Å². The molecule has 0 aliphatic heterocycles. The smallest absolute Gasteiger partial charge is 0.135 e. The van der Waals surface area contributed by atoms with Crippen molar-refractivity contribution < 1.29 is 27.7 Å². The van der Waals surface area contributed by atoms with Gasteiger partial charge in [-0.3, -0.25) is 0 Å². The van der Waals surface area contributed by atoms with Gasteiger partial charge in [0.2, 0.25) is 0 Å². The first kappa shape index (κ1) is 8.20.